The first-order valence-corrected chi connectivity index (χ1v) is 7.73. The molecule has 2 rings (SSSR count). The molecule has 0 saturated heterocycles. The quantitative estimate of drug-likeness (QED) is 0.889. The Hall–Kier alpha value is -1.07. The lowest BCUT2D eigenvalue weighted by molar-refractivity contribution is -0.134. The molecule has 110 valence electrons. The Labute approximate surface area is 128 Å². The van der Waals surface area contributed by atoms with Gasteiger partial charge in [-0.15, -0.1) is 0 Å². The minimum absolute atomic E-state index is 0.129. The Morgan fingerprint density at radius 3 is 2.60 bits per heavy atom. The van der Waals surface area contributed by atoms with Crippen LogP contribution >= 0.6 is 15.9 Å². The molecule has 1 aromatic rings. The minimum atomic E-state index is -0.528. The second kappa shape index (κ2) is 6.14. The van der Waals surface area contributed by atoms with Crippen molar-refractivity contribution in [2.45, 2.75) is 37.3 Å². The number of amides is 1. The average molecular weight is 340 g/mol. The van der Waals surface area contributed by atoms with Crippen molar-refractivity contribution in [3.8, 4) is 0 Å². The van der Waals surface area contributed by atoms with Crippen molar-refractivity contribution in [3.63, 3.8) is 0 Å². The summed E-state index contributed by atoms with van der Waals surface area (Å²) in [4.78, 5) is 14.3. The number of nitrogens with zero attached hydrogens (tertiary/aromatic N) is 1. The van der Waals surface area contributed by atoms with Gasteiger partial charge in [-0.3, -0.25) is 4.79 Å². The van der Waals surface area contributed by atoms with E-state index in [2.05, 4.69) is 21.2 Å². The van der Waals surface area contributed by atoms with Gasteiger partial charge in [-0.05, 0) is 43.9 Å². The number of likely N-dealkylation sites (N-methyl/N-ethyl adjacent to an activating group) is 1. The largest absolute Gasteiger partial charge is 0.371 e. The summed E-state index contributed by atoms with van der Waals surface area (Å²) in [5.41, 5.74) is 6.42. The van der Waals surface area contributed by atoms with Gasteiger partial charge in [-0.2, -0.15) is 0 Å². The van der Waals surface area contributed by atoms with Gasteiger partial charge >= 0.3 is 0 Å². The van der Waals surface area contributed by atoms with Crippen LogP contribution in [0.3, 0.4) is 0 Å². The van der Waals surface area contributed by atoms with Crippen molar-refractivity contribution in [2.75, 3.05) is 19.4 Å². The van der Waals surface area contributed by atoms with E-state index in [1.54, 1.807) is 19.0 Å². The highest BCUT2D eigenvalue weighted by atomic mass is 79.9. The Morgan fingerprint density at radius 1 is 1.40 bits per heavy atom. The first-order chi connectivity index (χ1) is 9.43. The van der Waals surface area contributed by atoms with Crippen LogP contribution in [0, 0.1) is 0 Å². The maximum absolute atomic E-state index is 12.6. The average Bonchev–Trinajstić information content (AvgIpc) is 2.41. The number of nitrogens with two attached hydrogens (primary N) is 1. The van der Waals surface area contributed by atoms with Crippen LogP contribution in [0.4, 0.5) is 5.69 Å². The molecule has 0 spiro atoms. The summed E-state index contributed by atoms with van der Waals surface area (Å²) in [6.07, 6.45) is 3.30. The van der Waals surface area contributed by atoms with Crippen LogP contribution in [0.15, 0.2) is 28.7 Å². The SMILES string of the molecule is CN(C)C(=O)C1(Nc2cccc(Br)c2)CCC(N)CC1. The van der Waals surface area contributed by atoms with Crippen LogP contribution in [0.1, 0.15) is 25.7 Å². The number of carbonyl (C=O) groups excluding carboxylic acids is 1. The van der Waals surface area contributed by atoms with Crippen molar-refractivity contribution >= 4 is 27.5 Å². The van der Waals surface area contributed by atoms with Gasteiger partial charge in [0.05, 0.1) is 0 Å². The normalized spacial score (nSPS) is 26.1. The summed E-state index contributed by atoms with van der Waals surface area (Å²) in [5, 5.41) is 3.46. The molecule has 1 fully saturated rings. The minimum Gasteiger partial charge on any atom is -0.371 e. The Bertz CT molecular complexity index is 482. The zero-order chi connectivity index (χ0) is 14.8. The third-order valence-corrected chi connectivity index (χ3v) is 4.40. The molecule has 0 unspecified atom stereocenters. The summed E-state index contributed by atoms with van der Waals surface area (Å²) in [5.74, 6) is 0.129. The standard InChI is InChI=1S/C15H22BrN3O/c1-19(2)14(20)15(8-6-12(17)7-9-15)18-13-5-3-4-11(16)10-13/h3-5,10,12,18H,6-9,17H2,1-2H3. The van der Waals surface area contributed by atoms with Crippen molar-refractivity contribution in [2.24, 2.45) is 5.73 Å². The van der Waals surface area contributed by atoms with E-state index in [0.717, 1.165) is 35.8 Å². The molecule has 0 atom stereocenters. The van der Waals surface area contributed by atoms with Crippen LogP contribution in [-0.4, -0.2) is 36.5 Å². The van der Waals surface area contributed by atoms with Crippen molar-refractivity contribution in [1.82, 2.24) is 4.90 Å². The second-order valence-corrected chi connectivity index (χ2v) is 6.67. The maximum atomic E-state index is 12.6. The highest BCUT2D eigenvalue weighted by Crippen LogP contribution is 2.33. The van der Waals surface area contributed by atoms with E-state index in [0.29, 0.717) is 0 Å². The lowest BCUT2D eigenvalue weighted by atomic mass is 9.78. The first-order valence-electron chi connectivity index (χ1n) is 6.94. The topological polar surface area (TPSA) is 58.4 Å². The number of benzene rings is 1. The number of rotatable bonds is 3. The molecular formula is C15H22BrN3O. The molecule has 4 nitrogen and oxygen atoms in total. The summed E-state index contributed by atoms with van der Waals surface area (Å²) >= 11 is 3.46. The first kappa shape index (κ1) is 15.3. The zero-order valence-electron chi connectivity index (χ0n) is 12.0. The zero-order valence-corrected chi connectivity index (χ0v) is 13.6. The van der Waals surface area contributed by atoms with E-state index in [1.807, 2.05) is 24.3 Å². The smallest absolute Gasteiger partial charge is 0.247 e. The molecule has 1 amide bonds. The van der Waals surface area contributed by atoms with Gasteiger partial charge in [0, 0.05) is 30.3 Å². The summed E-state index contributed by atoms with van der Waals surface area (Å²) < 4.78 is 1.00. The molecule has 20 heavy (non-hydrogen) atoms. The Kier molecular flexibility index (Phi) is 4.70. The predicted octanol–water partition coefficient (Wildman–Crippen LogP) is 2.59. The summed E-state index contributed by atoms with van der Waals surface area (Å²) in [6.45, 7) is 0. The molecule has 1 aliphatic carbocycles. The molecule has 0 aliphatic heterocycles. The fourth-order valence-corrected chi connectivity index (χ4v) is 3.20. The second-order valence-electron chi connectivity index (χ2n) is 5.75. The van der Waals surface area contributed by atoms with E-state index in [4.69, 9.17) is 5.73 Å². The van der Waals surface area contributed by atoms with Gasteiger partial charge in [0.15, 0.2) is 0 Å². The van der Waals surface area contributed by atoms with E-state index in [-0.39, 0.29) is 11.9 Å². The number of carbonyl (C=O) groups is 1. The highest BCUT2D eigenvalue weighted by molar-refractivity contribution is 9.10. The number of anilines is 1. The number of hydrogen-bond acceptors (Lipinski definition) is 3. The molecule has 0 heterocycles. The molecule has 3 N–H and O–H groups in total. The van der Waals surface area contributed by atoms with E-state index in [1.165, 1.54) is 0 Å². The number of hydrogen-bond donors (Lipinski definition) is 2. The lowest BCUT2D eigenvalue weighted by Crippen LogP contribution is -2.55. The number of halogens is 1. The van der Waals surface area contributed by atoms with Gasteiger partial charge in [-0.1, -0.05) is 22.0 Å². The monoisotopic (exact) mass is 339 g/mol. The summed E-state index contributed by atoms with van der Waals surface area (Å²) in [6, 6.07) is 8.14. The Morgan fingerprint density at radius 2 is 2.05 bits per heavy atom. The van der Waals surface area contributed by atoms with Gasteiger partial charge in [0.25, 0.3) is 0 Å². The molecule has 1 saturated carbocycles. The molecule has 1 aliphatic rings. The summed E-state index contributed by atoms with van der Waals surface area (Å²) in [7, 11) is 3.61. The van der Waals surface area contributed by atoms with Crippen LogP contribution in [0.25, 0.3) is 0 Å². The molecule has 5 heteroatoms. The molecule has 0 bridgehead atoms. The lowest BCUT2D eigenvalue weighted by Gasteiger charge is -2.41. The number of nitrogens with one attached hydrogen (secondary N) is 1. The maximum Gasteiger partial charge on any atom is 0.247 e. The molecule has 1 aromatic carbocycles. The van der Waals surface area contributed by atoms with Crippen molar-refractivity contribution < 1.29 is 4.79 Å². The van der Waals surface area contributed by atoms with Gasteiger partial charge in [0.1, 0.15) is 5.54 Å². The third kappa shape index (κ3) is 3.33. The van der Waals surface area contributed by atoms with E-state index >= 15 is 0 Å². The molecular weight excluding hydrogens is 318 g/mol. The van der Waals surface area contributed by atoms with Crippen LogP contribution < -0.4 is 11.1 Å². The van der Waals surface area contributed by atoms with Gasteiger partial charge < -0.3 is 16.0 Å². The van der Waals surface area contributed by atoms with Crippen LogP contribution in [0.2, 0.25) is 0 Å². The van der Waals surface area contributed by atoms with E-state index < -0.39 is 5.54 Å². The highest BCUT2D eigenvalue weighted by Gasteiger charge is 2.42. The molecule has 0 aromatic heterocycles. The van der Waals surface area contributed by atoms with Crippen molar-refractivity contribution in [1.29, 1.82) is 0 Å². The van der Waals surface area contributed by atoms with E-state index in [9.17, 15) is 4.79 Å². The van der Waals surface area contributed by atoms with Gasteiger partial charge in [-0.25, -0.2) is 0 Å². The van der Waals surface area contributed by atoms with Crippen LogP contribution in [-0.2, 0) is 4.79 Å². The van der Waals surface area contributed by atoms with Crippen LogP contribution in [0.5, 0.6) is 0 Å². The van der Waals surface area contributed by atoms with Gasteiger partial charge in [0.2, 0.25) is 5.91 Å². The van der Waals surface area contributed by atoms with Crippen molar-refractivity contribution in [3.05, 3.63) is 28.7 Å². The Balaban J connectivity index is 2.25. The molecule has 0 radical (unpaired) electrons. The predicted molar refractivity (Wildman–Crippen MR) is 85.6 cm³/mol. The fraction of sp³-hybridized carbons (Fsp3) is 0.533. The fourth-order valence-electron chi connectivity index (χ4n) is 2.80. The third-order valence-electron chi connectivity index (χ3n) is 3.91.